The van der Waals surface area contributed by atoms with Crippen LogP contribution in [-0.4, -0.2) is 17.6 Å². The Morgan fingerprint density at radius 2 is 2.00 bits per heavy atom. The van der Waals surface area contributed by atoms with Gasteiger partial charge in [0.1, 0.15) is 4.99 Å². The van der Waals surface area contributed by atoms with Crippen LogP contribution in [0.2, 0.25) is 0 Å². The highest BCUT2D eigenvalue weighted by Gasteiger charge is 2.26. The second kappa shape index (κ2) is 6.57. The average Bonchev–Trinajstić information content (AvgIpc) is 2.89. The smallest absolute Gasteiger partial charge is 0.106 e. The van der Waals surface area contributed by atoms with Gasteiger partial charge in [-0.1, -0.05) is 51.0 Å². The fraction of sp³-hybridized carbons (Fsp3) is 0.588. The summed E-state index contributed by atoms with van der Waals surface area (Å²) in [5, 5.41) is 0. The Bertz CT molecular complexity index is 476. The van der Waals surface area contributed by atoms with Crippen LogP contribution in [-0.2, 0) is 0 Å². The van der Waals surface area contributed by atoms with Crippen molar-refractivity contribution in [2.75, 3.05) is 11.4 Å². The Balaban J connectivity index is 2.44. The highest BCUT2D eigenvalue weighted by atomic mass is 32.1. The third-order valence-electron chi connectivity index (χ3n) is 4.12. The van der Waals surface area contributed by atoms with Crippen LogP contribution in [0, 0.1) is 12.8 Å². The summed E-state index contributed by atoms with van der Waals surface area (Å²) in [5.74, 6) is 0.634. The first-order valence-corrected chi connectivity index (χ1v) is 8.07. The van der Waals surface area contributed by atoms with Crippen LogP contribution in [0.3, 0.4) is 0 Å². The van der Waals surface area contributed by atoms with E-state index in [4.69, 9.17) is 18.0 Å². The van der Waals surface area contributed by atoms with Crippen molar-refractivity contribution in [1.29, 1.82) is 0 Å². The first kappa shape index (κ1) is 15.3. The van der Waals surface area contributed by atoms with Gasteiger partial charge < -0.3 is 10.6 Å². The molecule has 2 N–H and O–H groups in total. The minimum absolute atomic E-state index is 0.510. The topological polar surface area (TPSA) is 29.3 Å². The van der Waals surface area contributed by atoms with Crippen LogP contribution >= 0.6 is 12.2 Å². The molecule has 1 aromatic rings. The van der Waals surface area contributed by atoms with Gasteiger partial charge in [-0.2, -0.15) is 0 Å². The molecule has 0 saturated heterocycles. The number of benzene rings is 1. The molecule has 0 bridgehead atoms. The van der Waals surface area contributed by atoms with Crippen LogP contribution < -0.4 is 10.6 Å². The summed E-state index contributed by atoms with van der Waals surface area (Å²) >= 11 is 5.27. The van der Waals surface area contributed by atoms with E-state index in [2.05, 4.69) is 43.9 Å². The number of hydrogen-bond donors (Lipinski definition) is 1. The zero-order valence-corrected chi connectivity index (χ0v) is 13.7. The van der Waals surface area contributed by atoms with E-state index in [1.54, 1.807) is 0 Å². The molecule has 0 heterocycles. The molecule has 1 saturated carbocycles. The largest absolute Gasteiger partial charge is 0.389 e. The van der Waals surface area contributed by atoms with E-state index in [0.717, 1.165) is 12.1 Å². The molecule has 0 amide bonds. The Hall–Kier alpha value is -1.09. The van der Waals surface area contributed by atoms with Gasteiger partial charge in [0.05, 0.1) is 5.69 Å². The summed E-state index contributed by atoms with van der Waals surface area (Å²) in [4.78, 5) is 3.08. The lowest BCUT2D eigenvalue weighted by molar-refractivity contribution is 0.535. The zero-order valence-electron chi connectivity index (χ0n) is 12.9. The molecular formula is C17H26N2S. The van der Waals surface area contributed by atoms with Crippen LogP contribution in [0.1, 0.15) is 50.7 Å². The van der Waals surface area contributed by atoms with Crippen molar-refractivity contribution in [2.24, 2.45) is 11.7 Å². The SMILES string of the molecule is Cc1cccc(C(N)=S)c1N(CC(C)C)C1CCCC1. The van der Waals surface area contributed by atoms with Gasteiger partial charge in [0.2, 0.25) is 0 Å². The van der Waals surface area contributed by atoms with E-state index in [9.17, 15) is 0 Å². The van der Waals surface area contributed by atoms with Crippen LogP contribution in [0.25, 0.3) is 0 Å². The van der Waals surface area contributed by atoms with Gasteiger partial charge in [0.15, 0.2) is 0 Å². The molecule has 0 aromatic heterocycles. The summed E-state index contributed by atoms with van der Waals surface area (Å²) in [7, 11) is 0. The molecule has 1 aliphatic carbocycles. The van der Waals surface area contributed by atoms with E-state index in [-0.39, 0.29) is 0 Å². The Kier molecular flexibility index (Phi) is 5.03. The molecule has 1 aromatic carbocycles. The standard InChI is InChI=1S/C17H26N2S/c1-12(2)11-19(14-8-4-5-9-14)16-13(3)7-6-10-15(16)17(18)20/h6-7,10,12,14H,4-5,8-9,11H2,1-3H3,(H2,18,20). The van der Waals surface area contributed by atoms with Gasteiger partial charge in [-0.3, -0.25) is 0 Å². The van der Waals surface area contributed by atoms with Gasteiger partial charge in [-0.15, -0.1) is 0 Å². The fourth-order valence-electron chi connectivity index (χ4n) is 3.27. The number of thiocarbonyl (C=S) groups is 1. The second-order valence-corrected chi connectivity index (χ2v) is 6.76. The molecule has 0 atom stereocenters. The molecule has 3 heteroatoms. The third-order valence-corrected chi connectivity index (χ3v) is 4.34. The number of aryl methyl sites for hydroxylation is 1. The van der Waals surface area contributed by atoms with Crippen LogP contribution in [0.15, 0.2) is 18.2 Å². The number of hydrogen-bond acceptors (Lipinski definition) is 2. The predicted molar refractivity (Wildman–Crippen MR) is 91.5 cm³/mol. The molecule has 1 fully saturated rings. The van der Waals surface area contributed by atoms with E-state index < -0.39 is 0 Å². The number of nitrogens with two attached hydrogens (primary N) is 1. The van der Waals surface area contributed by atoms with Crippen molar-refractivity contribution in [1.82, 2.24) is 0 Å². The Morgan fingerprint density at radius 3 is 2.55 bits per heavy atom. The summed E-state index contributed by atoms with van der Waals surface area (Å²) in [6.45, 7) is 7.80. The quantitative estimate of drug-likeness (QED) is 0.830. The van der Waals surface area contributed by atoms with Crippen molar-refractivity contribution < 1.29 is 0 Å². The summed E-state index contributed by atoms with van der Waals surface area (Å²) < 4.78 is 0. The van der Waals surface area contributed by atoms with E-state index in [1.165, 1.54) is 36.9 Å². The van der Waals surface area contributed by atoms with E-state index in [0.29, 0.717) is 16.9 Å². The first-order chi connectivity index (χ1) is 9.50. The maximum atomic E-state index is 5.96. The lowest BCUT2D eigenvalue weighted by Crippen LogP contribution is -2.38. The van der Waals surface area contributed by atoms with Crippen molar-refractivity contribution in [2.45, 2.75) is 52.5 Å². The maximum Gasteiger partial charge on any atom is 0.106 e. The van der Waals surface area contributed by atoms with Gasteiger partial charge in [-0.05, 0) is 37.3 Å². The van der Waals surface area contributed by atoms with Crippen molar-refractivity contribution >= 4 is 22.9 Å². The molecule has 110 valence electrons. The third kappa shape index (κ3) is 3.32. The molecule has 0 spiro atoms. The lowest BCUT2D eigenvalue weighted by atomic mass is 10.0. The monoisotopic (exact) mass is 290 g/mol. The lowest BCUT2D eigenvalue weighted by Gasteiger charge is -2.35. The second-order valence-electron chi connectivity index (χ2n) is 6.32. The maximum absolute atomic E-state index is 5.96. The molecule has 1 aliphatic rings. The minimum atomic E-state index is 0.510. The van der Waals surface area contributed by atoms with Gasteiger partial charge in [0.25, 0.3) is 0 Å². The summed E-state index contributed by atoms with van der Waals surface area (Å²) in [5.41, 5.74) is 9.54. The minimum Gasteiger partial charge on any atom is -0.389 e. The van der Waals surface area contributed by atoms with Gasteiger partial charge in [0, 0.05) is 18.2 Å². The Labute approximate surface area is 128 Å². The molecule has 20 heavy (non-hydrogen) atoms. The highest BCUT2D eigenvalue weighted by Crippen LogP contribution is 2.33. The molecule has 2 nitrogen and oxygen atoms in total. The first-order valence-electron chi connectivity index (χ1n) is 7.66. The van der Waals surface area contributed by atoms with Crippen molar-refractivity contribution in [3.05, 3.63) is 29.3 Å². The summed E-state index contributed by atoms with van der Waals surface area (Å²) in [6.07, 6.45) is 5.26. The normalized spacial score (nSPS) is 15.8. The van der Waals surface area contributed by atoms with Gasteiger partial charge in [-0.25, -0.2) is 0 Å². The highest BCUT2D eigenvalue weighted by molar-refractivity contribution is 7.80. The zero-order chi connectivity index (χ0) is 14.7. The molecular weight excluding hydrogens is 264 g/mol. The predicted octanol–water partition coefficient (Wildman–Crippen LogP) is 4.03. The molecule has 0 aliphatic heterocycles. The molecule has 2 rings (SSSR count). The number of nitrogens with zero attached hydrogens (tertiary/aromatic N) is 1. The van der Waals surface area contributed by atoms with Crippen molar-refractivity contribution in [3.8, 4) is 0 Å². The fourth-order valence-corrected chi connectivity index (χ4v) is 3.44. The van der Waals surface area contributed by atoms with E-state index in [1.807, 2.05) is 0 Å². The number of para-hydroxylation sites is 1. The summed E-state index contributed by atoms with van der Waals surface area (Å²) in [6, 6.07) is 6.92. The van der Waals surface area contributed by atoms with Crippen LogP contribution in [0.4, 0.5) is 5.69 Å². The number of anilines is 1. The Morgan fingerprint density at radius 1 is 1.35 bits per heavy atom. The molecule has 0 unspecified atom stereocenters. The average molecular weight is 290 g/mol. The van der Waals surface area contributed by atoms with E-state index >= 15 is 0 Å². The number of rotatable bonds is 5. The van der Waals surface area contributed by atoms with Gasteiger partial charge >= 0.3 is 0 Å². The van der Waals surface area contributed by atoms with Crippen LogP contribution in [0.5, 0.6) is 0 Å². The van der Waals surface area contributed by atoms with Crippen molar-refractivity contribution in [3.63, 3.8) is 0 Å². The molecule has 0 radical (unpaired) electrons.